The highest BCUT2D eigenvalue weighted by Crippen LogP contribution is 2.28. The summed E-state index contributed by atoms with van der Waals surface area (Å²) in [5, 5.41) is 13.7. The smallest absolute Gasteiger partial charge is 0.0798 e. The molecule has 0 bridgehead atoms. The molecular weight excluding hydrogens is 218 g/mol. The average molecular weight is 230 g/mol. The third-order valence-electron chi connectivity index (χ3n) is 2.21. The maximum absolute atomic E-state index is 9.60. The lowest BCUT2D eigenvalue weighted by molar-refractivity contribution is 0.201. The lowest BCUT2D eigenvalue weighted by Gasteiger charge is -2.12. The van der Waals surface area contributed by atoms with E-state index >= 15 is 0 Å². The predicted octanol–water partition coefficient (Wildman–Crippen LogP) is 1.76. The van der Waals surface area contributed by atoms with E-state index in [0.717, 1.165) is 16.5 Å². The molecule has 14 heavy (non-hydrogen) atoms. The van der Waals surface area contributed by atoms with Gasteiger partial charge in [-0.25, -0.2) is 0 Å². The van der Waals surface area contributed by atoms with Gasteiger partial charge in [-0.15, -0.1) is 11.8 Å². The van der Waals surface area contributed by atoms with Crippen molar-refractivity contribution >= 4 is 23.4 Å². The first-order valence-corrected chi connectivity index (χ1v) is 5.82. The first-order valence-electron chi connectivity index (χ1n) is 4.57. The van der Waals surface area contributed by atoms with Crippen molar-refractivity contribution in [1.29, 1.82) is 0 Å². The molecule has 2 nitrogen and oxygen atoms in total. The van der Waals surface area contributed by atoms with E-state index in [2.05, 4.69) is 5.32 Å². The summed E-state index contributed by atoms with van der Waals surface area (Å²) in [6.07, 6.45) is -0.251. The van der Waals surface area contributed by atoms with E-state index in [4.69, 9.17) is 11.6 Å². The molecule has 1 saturated heterocycles. The molecule has 0 aliphatic carbocycles. The van der Waals surface area contributed by atoms with Crippen LogP contribution in [0.25, 0.3) is 0 Å². The minimum atomic E-state index is -0.251. The molecule has 0 amide bonds. The number of rotatable bonds is 2. The van der Waals surface area contributed by atoms with Crippen LogP contribution in [0.5, 0.6) is 0 Å². The Hall–Kier alpha value is -0.220. The van der Waals surface area contributed by atoms with Crippen molar-refractivity contribution < 1.29 is 5.11 Å². The zero-order valence-electron chi connectivity index (χ0n) is 7.61. The Morgan fingerprint density at radius 1 is 1.43 bits per heavy atom. The van der Waals surface area contributed by atoms with E-state index < -0.39 is 0 Å². The topological polar surface area (TPSA) is 32.3 Å². The lowest BCUT2D eigenvalue weighted by atomic mass is 10.3. The third kappa shape index (κ3) is 2.42. The summed E-state index contributed by atoms with van der Waals surface area (Å²) in [5.41, 5.74) is 0. The number of hydrogen-bond donors (Lipinski definition) is 2. The maximum Gasteiger partial charge on any atom is 0.0798 e. The SMILES string of the molecule is O[C@@H]1CNC[C@H]1Sc1cccc(Cl)c1. The highest BCUT2D eigenvalue weighted by atomic mass is 35.5. The summed E-state index contributed by atoms with van der Waals surface area (Å²) in [4.78, 5) is 1.12. The molecule has 1 aromatic rings. The standard InChI is InChI=1S/C10H12ClNOS/c11-7-2-1-3-8(4-7)14-10-6-12-5-9(10)13/h1-4,9-10,12-13H,5-6H2/t9-,10-/m1/s1. The molecule has 4 heteroatoms. The number of β-amino-alcohol motifs (C(OH)–C–C–N with tert-alkyl or cyclic N) is 1. The van der Waals surface area contributed by atoms with Gasteiger partial charge in [0.2, 0.25) is 0 Å². The Morgan fingerprint density at radius 3 is 2.93 bits per heavy atom. The number of aliphatic hydroxyl groups excluding tert-OH is 1. The molecule has 2 rings (SSSR count). The Morgan fingerprint density at radius 2 is 2.29 bits per heavy atom. The molecule has 2 N–H and O–H groups in total. The maximum atomic E-state index is 9.60. The molecule has 1 aliphatic heterocycles. The zero-order valence-corrected chi connectivity index (χ0v) is 9.18. The quantitative estimate of drug-likeness (QED) is 0.811. The van der Waals surface area contributed by atoms with E-state index in [9.17, 15) is 5.11 Å². The van der Waals surface area contributed by atoms with Crippen molar-refractivity contribution in [3.63, 3.8) is 0 Å². The lowest BCUT2D eigenvalue weighted by Crippen LogP contribution is -2.19. The molecular formula is C10H12ClNOS. The van der Waals surface area contributed by atoms with Crippen LogP contribution in [0.2, 0.25) is 5.02 Å². The number of halogens is 1. The van der Waals surface area contributed by atoms with Crippen LogP contribution in [-0.2, 0) is 0 Å². The van der Waals surface area contributed by atoms with E-state index in [0.29, 0.717) is 6.54 Å². The normalized spacial score (nSPS) is 26.7. The van der Waals surface area contributed by atoms with Gasteiger partial charge in [0.1, 0.15) is 0 Å². The van der Waals surface area contributed by atoms with Crippen molar-refractivity contribution in [2.24, 2.45) is 0 Å². The summed E-state index contributed by atoms with van der Waals surface area (Å²) in [5.74, 6) is 0. The third-order valence-corrected chi connectivity index (χ3v) is 3.76. The Kier molecular flexibility index (Phi) is 3.34. The molecule has 0 saturated carbocycles. The number of benzene rings is 1. The Balaban J connectivity index is 2.03. The molecule has 76 valence electrons. The van der Waals surface area contributed by atoms with Gasteiger partial charge in [0, 0.05) is 28.3 Å². The van der Waals surface area contributed by atoms with Crippen LogP contribution in [0, 0.1) is 0 Å². The molecule has 0 unspecified atom stereocenters. The molecule has 1 aliphatic rings. The molecule has 1 heterocycles. The number of aliphatic hydroxyl groups is 1. The van der Waals surface area contributed by atoms with Crippen molar-refractivity contribution in [2.75, 3.05) is 13.1 Å². The summed E-state index contributed by atoms with van der Waals surface area (Å²) >= 11 is 7.55. The van der Waals surface area contributed by atoms with Gasteiger partial charge >= 0.3 is 0 Å². The van der Waals surface area contributed by atoms with Crippen LogP contribution in [0.3, 0.4) is 0 Å². The van der Waals surface area contributed by atoms with Gasteiger partial charge in [0.25, 0.3) is 0 Å². The van der Waals surface area contributed by atoms with Gasteiger partial charge in [-0.1, -0.05) is 17.7 Å². The van der Waals surface area contributed by atoms with Crippen molar-refractivity contribution in [3.8, 4) is 0 Å². The predicted molar refractivity (Wildman–Crippen MR) is 60.0 cm³/mol. The van der Waals surface area contributed by atoms with Gasteiger partial charge in [-0.2, -0.15) is 0 Å². The van der Waals surface area contributed by atoms with E-state index in [1.165, 1.54) is 0 Å². The van der Waals surface area contributed by atoms with Crippen molar-refractivity contribution in [2.45, 2.75) is 16.2 Å². The highest BCUT2D eigenvalue weighted by Gasteiger charge is 2.25. The second kappa shape index (κ2) is 4.53. The first-order chi connectivity index (χ1) is 6.75. The second-order valence-corrected chi connectivity index (χ2v) is 5.09. The summed E-state index contributed by atoms with van der Waals surface area (Å²) in [6.45, 7) is 1.55. The van der Waals surface area contributed by atoms with Crippen LogP contribution in [0.1, 0.15) is 0 Å². The van der Waals surface area contributed by atoms with E-state index in [-0.39, 0.29) is 11.4 Å². The zero-order chi connectivity index (χ0) is 9.97. The summed E-state index contributed by atoms with van der Waals surface area (Å²) < 4.78 is 0. The fourth-order valence-electron chi connectivity index (χ4n) is 1.48. The number of hydrogen-bond acceptors (Lipinski definition) is 3. The van der Waals surface area contributed by atoms with E-state index in [1.807, 2.05) is 24.3 Å². The van der Waals surface area contributed by atoms with E-state index in [1.54, 1.807) is 11.8 Å². The minimum absolute atomic E-state index is 0.244. The summed E-state index contributed by atoms with van der Waals surface area (Å²) in [7, 11) is 0. The molecule has 1 fully saturated rings. The molecule has 0 spiro atoms. The van der Waals surface area contributed by atoms with Gasteiger partial charge < -0.3 is 10.4 Å². The van der Waals surface area contributed by atoms with Crippen molar-refractivity contribution in [3.05, 3.63) is 29.3 Å². The molecule has 2 atom stereocenters. The monoisotopic (exact) mass is 229 g/mol. The van der Waals surface area contributed by atoms with Crippen molar-refractivity contribution in [1.82, 2.24) is 5.32 Å². The van der Waals surface area contributed by atoms with Crippen LogP contribution < -0.4 is 5.32 Å². The fraction of sp³-hybridized carbons (Fsp3) is 0.400. The first kappa shape index (κ1) is 10.3. The van der Waals surface area contributed by atoms with Gasteiger partial charge in [0.05, 0.1) is 6.10 Å². The Labute approximate surface area is 92.7 Å². The number of thioether (sulfide) groups is 1. The van der Waals surface area contributed by atoms with Crippen LogP contribution in [-0.4, -0.2) is 29.5 Å². The van der Waals surface area contributed by atoms with Crippen LogP contribution in [0.4, 0.5) is 0 Å². The number of nitrogens with one attached hydrogen (secondary N) is 1. The highest BCUT2D eigenvalue weighted by molar-refractivity contribution is 8.00. The molecule has 1 aromatic carbocycles. The van der Waals surface area contributed by atoms with Gasteiger partial charge in [-0.3, -0.25) is 0 Å². The van der Waals surface area contributed by atoms with Gasteiger partial charge in [-0.05, 0) is 18.2 Å². The summed E-state index contributed by atoms with van der Waals surface area (Å²) in [6, 6.07) is 7.73. The van der Waals surface area contributed by atoms with Crippen LogP contribution >= 0.6 is 23.4 Å². The largest absolute Gasteiger partial charge is 0.391 e. The average Bonchev–Trinajstić information content (AvgIpc) is 2.52. The molecule has 0 radical (unpaired) electrons. The molecule has 0 aromatic heterocycles. The van der Waals surface area contributed by atoms with Crippen LogP contribution in [0.15, 0.2) is 29.2 Å². The van der Waals surface area contributed by atoms with Gasteiger partial charge in [0.15, 0.2) is 0 Å². The fourth-order valence-corrected chi connectivity index (χ4v) is 2.89. The minimum Gasteiger partial charge on any atom is -0.391 e. The second-order valence-electron chi connectivity index (χ2n) is 3.34. The Bertz CT molecular complexity index is 321.